The molecule has 0 saturated carbocycles. The number of hydrogen-bond acceptors (Lipinski definition) is 4. The summed E-state index contributed by atoms with van der Waals surface area (Å²) in [5, 5.41) is 6.93. The van der Waals surface area contributed by atoms with Crippen LogP contribution in [0.3, 0.4) is 0 Å². The van der Waals surface area contributed by atoms with Gasteiger partial charge in [-0.25, -0.2) is 4.98 Å². The van der Waals surface area contributed by atoms with Crippen molar-refractivity contribution in [1.82, 2.24) is 24.5 Å². The van der Waals surface area contributed by atoms with Gasteiger partial charge in [-0.2, -0.15) is 5.10 Å². The number of aliphatic imine (C=N–C) groups is 1. The van der Waals surface area contributed by atoms with Crippen molar-refractivity contribution in [2.75, 3.05) is 6.54 Å². The van der Waals surface area contributed by atoms with E-state index < -0.39 is 0 Å². The van der Waals surface area contributed by atoms with Gasteiger partial charge in [0, 0.05) is 29.7 Å². The molecule has 1 aromatic carbocycles. The summed E-state index contributed by atoms with van der Waals surface area (Å²) in [5.74, 6) is 0. The first kappa shape index (κ1) is 16.5. The fraction of sp³-hybridized carbons (Fsp3) is 0.136. The molecule has 0 saturated heterocycles. The van der Waals surface area contributed by atoms with E-state index in [0.717, 1.165) is 34.7 Å². The van der Waals surface area contributed by atoms with Crippen molar-refractivity contribution in [3.05, 3.63) is 84.7 Å². The van der Waals surface area contributed by atoms with E-state index in [9.17, 15) is 0 Å². The van der Waals surface area contributed by atoms with Crippen molar-refractivity contribution in [1.29, 1.82) is 0 Å². The zero-order valence-corrected chi connectivity index (χ0v) is 15.5. The molecule has 1 atom stereocenters. The molecule has 0 bridgehead atoms. The second-order valence-corrected chi connectivity index (χ2v) is 6.86. The Kier molecular flexibility index (Phi) is 4.01. The zero-order chi connectivity index (χ0) is 18.9. The highest BCUT2D eigenvalue weighted by atomic mass is 15.2. The summed E-state index contributed by atoms with van der Waals surface area (Å²) in [5.41, 5.74) is 6.41. The molecule has 6 nitrogen and oxygen atoms in total. The fourth-order valence-electron chi connectivity index (χ4n) is 3.67. The van der Waals surface area contributed by atoms with Gasteiger partial charge in [-0.1, -0.05) is 30.3 Å². The first-order valence-corrected chi connectivity index (χ1v) is 9.31. The Balaban J connectivity index is 1.58. The maximum absolute atomic E-state index is 4.60. The van der Waals surface area contributed by atoms with Crippen LogP contribution in [0.2, 0.25) is 0 Å². The molecular weight excluding hydrogens is 348 g/mol. The van der Waals surface area contributed by atoms with Crippen LogP contribution >= 0.6 is 0 Å². The van der Waals surface area contributed by atoms with Gasteiger partial charge in [-0.05, 0) is 24.6 Å². The molecule has 6 heteroatoms. The topological polar surface area (TPSA) is 61.6 Å². The molecular formula is C22H20N6. The van der Waals surface area contributed by atoms with Crippen LogP contribution in [0.25, 0.3) is 22.5 Å². The second-order valence-electron chi connectivity index (χ2n) is 6.86. The van der Waals surface area contributed by atoms with Gasteiger partial charge in [0.1, 0.15) is 5.65 Å². The van der Waals surface area contributed by atoms with Crippen LogP contribution in [-0.2, 0) is 0 Å². The van der Waals surface area contributed by atoms with Crippen molar-refractivity contribution in [2.24, 2.45) is 4.99 Å². The number of pyridine rings is 1. The van der Waals surface area contributed by atoms with Gasteiger partial charge >= 0.3 is 0 Å². The Bertz CT molecular complexity index is 1150. The number of benzene rings is 1. The second kappa shape index (κ2) is 6.81. The average molecular weight is 368 g/mol. The Morgan fingerprint density at radius 3 is 2.75 bits per heavy atom. The predicted octanol–water partition coefficient (Wildman–Crippen LogP) is 4.17. The number of hydrogen-bond donors (Lipinski definition) is 1. The minimum atomic E-state index is 0.224. The summed E-state index contributed by atoms with van der Waals surface area (Å²) in [6, 6.07) is 14.9. The number of aromatic amines is 1. The molecule has 0 spiro atoms. The van der Waals surface area contributed by atoms with E-state index in [-0.39, 0.29) is 6.04 Å². The third kappa shape index (κ3) is 2.79. The highest BCUT2D eigenvalue weighted by Crippen LogP contribution is 2.31. The summed E-state index contributed by atoms with van der Waals surface area (Å²) in [6.45, 7) is 2.99. The van der Waals surface area contributed by atoms with E-state index in [2.05, 4.69) is 72.9 Å². The monoisotopic (exact) mass is 368 g/mol. The van der Waals surface area contributed by atoms with E-state index in [1.165, 1.54) is 5.56 Å². The van der Waals surface area contributed by atoms with Crippen LogP contribution in [0.4, 0.5) is 0 Å². The largest absolute Gasteiger partial charge is 0.357 e. The average Bonchev–Trinajstić information content (AvgIpc) is 3.43. The van der Waals surface area contributed by atoms with Gasteiger partial charge in [0.2, 0.25) is 0 Å². The van der Waals surface area contributed by atoms with Crippen LogP contribution < -0.4 is 0 Å². The summed E-state index contributed by atoms with van der Waals surface area (Å²) in [4.78, 5) is 11.4. The number of fused-ring (bicyclic) bond motifs is 1. The number of aromatic nitrogens is 4. The van der Waals surface area contributed by atoms with Crippen LogP contribution in [0.5, 0.6) is 0 Å². The summed E-state index contributed by atoms with van der Waals surface area (Å²) in [7, 11) is 0. The summed E-state index contributed by atoms with van der Waals surface area (Å²) in [6.07, 6.45) is 11.6. The molecule has 5 rings (SSSR count). The van der Waals surface area contributed by atoms with Crippen LogP contribution in [0.1, 0.15) is 24.2 Å². The number of nitrogens with zero attached hydrogens (tertiary/aromatic N) is 5. The van der Waals surface area contributed by atoms with E-state index in [0.29, 0.717) is 0 Å². The minimum absolute atomic E-state index is 0.224. The zero-order valence-electron chi connectivity index (χ0n) is 15.5. The first-order valence-electron chi connectivity index (χ1n) is 9.31. The lowest BCUT2D eigenvalue weighted by Gasteiger charge is -2.33. The van der Waals surface area contributed by atoms with Crippen LogP contribution in [-0.4, -0.2) is 37.2 Å². The number of H-pyrrole nitrogens is 1. The lowest BCUT2D eigenvalue weighted by molar-refractivity contribution is 0.355. The molecule has 4 heterocycles. The standard InChI is InChI=1S/C22H20N6/c1-16(17-5-3-2-4-6-17)27-10-9-23-13-20(27)21-14-24-22-8-7-18(15-28(21)22)19-11-25-26-12-19/h2-9,11-16H,10H2,1H3,(H,25,26)/t16-/m0/s1. The van der Waals surface area contributed by atoms with Gasteiger partial charge in [-0.15, -0.1) is 0 Å². The highest BCUT2D eigenvalue weighted by molar-refractivity contribution is 5.74. The van der Waals surface area contributed by atoms with Crippen molar-refractivity contribution >= 4 is 17.6 Å². The van der Waals surface area contributed by atoms with Crippen molar-refractivity contribution in [3.63, 3.8) is 0 Å². The number of imidazole rings is 1. The van der Waals surface area contributed by atoms with Gasteiger partial charge in [-0.3, -0.25) is 14.5 Å². The molecule has 3 aromatic heterocycles. The van der Waals surface area contributed by atoms with Crippen molar-refractivity contribution in [2.45, 2.75) is 13.0 Å². The Hall–Kier alpha value is -3.67. The molecule has 0 radical (unpaired) electrons. The van der Waals surface area contributed by atoms with Crippen molar-refractivity contribution < 1.29 is 0 Å². The third-order valence-corrected chi connectivity index (χ3v) is 5.24. The lowest BCUT2D eigenvalue weighted by Crippen LogP contribution is -2.29. The van der Waals surface area contributed by atoms with Gasteiger partial charge in [0.25, 0.3) is 0 Å². The SMILES string of the molecule is C[C@@H](c1ccccc1)N1CC=NC=C1c1cnc2ccc(-c3cn[nH]c3)cn12. The van der Waals surface area contributed by atoms with E-state index in [1.807, 2.05) is 43.1 Å². The molecule has 4 aromatic rings. The lowest BCUT2D eigenvalue weighted by atomic mass is 10.1. The first-order chi connectivity index (χ1) is 13.8. The molecule has 0 amide bonds. The highest BCUT2D eigenvalue weighted by Gasteiger charge is 2.23. The van der Waals surface area contributed by atoms with Gasteiger partial charge in [0.05, 0.1) is 42.6 Å². The van der Waals surface area contributed by atoms with Crippen LogP contribution in [0.15, 0.2) is 78.4 Å². The molecule has 0 aliphatic carbocycles. The Morgan fingerprint density at radius 1 is 1.04 bits per heavy atom. The molecule has 1 aliphatic rings. The summed E-state index contributed by atoms with van der Waals surface area (Å²) >= 11 is 0. The Labute approximate surface area is 162 Å². The van der Waals surface area contributed by atoms with E-state index >= 15 is 0 Å². The molecule has 1 aliphatic heterocycles. The molecule has 28 heavy (non-hydrogen) atoms. The normalized spacial score (nSPS) is 15.0. The van der Waals surface area contributed by atoms with E-state index in [1.54, 1.807) is 0 Å². The number of rotatable bonds is 4. The Morgan fingerprint density at radius 2 is 1.93 bits per heavy atom. The molecule has 1 N–H and O–H groups in total. The minimum Gasteiger partial charge on any atom is -0.357 e. The van der Waals surface area contributed by atoms with Crippen molar-refractivity contribution in [3.8, 4) is 11.1 Å². The van der Waals surface area contributed by atoms with E-state index in [4.69, 9.17) is 0 Å². The fourth-order valence-corrected chi connectivity index (χ4v) is 3.67. The predicted molar refractivity (Wildman–Crippen MR) is 111 cm³/mol. The van der Waals surface area contributed by atoms with Gasteiger partial charge in [0.15, 0.2) is 0 Å². The van der Waals surface area contributed by atoms with Crippen LogP contribution in [0, 0.1) is 0 Å². The third-order valence-electron chi connectivity index (χ3n) is 5.24. The quantitative estimate of drug-likeness (QED) is 0.588. The maximum atomic E-state index is 4.60. The number of nitrogens with one attached hydrogen (secondary N) is 1. The molecule has 138 valence electrons. The molecule has 0 fully saturated rings. The molecule has 0 unspecified atom stereocenters. The summed E-state index contributed by atoms with van der Waals surface area (Å²) < 4.78 is 2.12. The van der Waals surface area contributed by atoms with Gasteiger partial charge < -0.3 is 4.90 Å². The maximum Gasteiger partial charge on any atom is 0.137 e. The smallest absolute Gasteiger partial charge is 0.137 e.